The van der Waals surface area contributed by atoms with Gasteiger partial charge in [0.1, 0.15) is 16.8 Å². The van der Waals surface area contributed by atoms with Crippen LogP contribution in [0.25, 0.3) is 10.9 Å². The van der Waals surface area contributed by atoms with Crippen molar-refractivity contribution < 1.29 is 0 Å². The van der Waals surface area contributed by atoms with E-state index < -0.39 is 0 Å². The smallest absolute Gasteiger partial charge is 0.191 e. The van der Waals surface area contributed by atoms with Crippen LogP contribution in [0.2, 0.25) is 5.15 Å². The predicted molar refractivity (Wildman–Crippen MR) is 99.0 cm³/mol. The van der Waals surface area contributed by atoms with Crippen LogP contribution in [0.4, 0.5) is 11.6 Å². The fraction of sp³-hybridized carbons (Fsp3) is 0.133. The van der Waals surface area contributed by atoms with E-state index in [1.807, 2.05) is 24.5 Å². The first-order valence-corrected chi connectivity index (χ1v) is 9.30. The summed E-state index contributed by atoms with van der Waals surface area (Å²) in [5.41, 5.74) is 13.2. The average molecular weight is 364 g/mol. The summed E-state index contributed by atoms with van der Waals surface area (Å²) in [7, 11) is 0. The maximum atomic E-state index is 6.31. The fourth-order valence-electron chi connectivity index (χ4n) is 2.06. The van der Waals surface area contributed by atoms with Gasteiger partial charge in [0.25, 0.3) is 0 Å². The van der Waals surface area contributed by atoms with E-state index in [0.29, 0.717) is 27.7 Å². The fourth-order valence-corrected chi connectivity index (χ4v) is 3.63. The zero-order valence-electron chi connectivity index (χ0n) is 12.3. The SMILES string of the molecule is CSc1ccc2cc(CSc3nc(N)cc(N)n3)c(Cl)nc2c1. The van der Waals surface area contributed by atoms with Crippen molar-refractivity contribution in [3.8, 4) is 0 Å². The van der Waals surface area contributed by atoms with Gasteiger partial charge in [0.15, 0.2) is 5.16 Å². The zero-order valence-corrected chi connectivity index (χ0v) is 14.7. The van der Waals surface area contributed by atoms with Crippen LogP contribution in [0.1, 0.15) is 5.56 Å². The zero-order chi connectivity index (χ0) is 16.4. The van der Waals surface area contributed by atoms with Gasteiger partial charge in [0.2, 0.25) is 0 Å². The number of aromatic nitrogens is 3. The van der Waals surface area contributed by atoms with Gasteiger partial charge in [-0.05, 0) is 24.5 Å². The first-order chi connectivity index (χ1) is 11.0. The minimum absolute atomic E-state index is 0.354. The normalized spacial score (nSPS) is 11.0. The van der Waals surface area contributed by atoms with Gasteiger partial charge >= 0.3 is 0 Å². The van der Waals surface area contributed by atoms with E-state index in [-0.39, 0.29) is 0 Å². The minimum atomic E-state index is 0.354. The lowest BCUT2D eigenvalue weighted by Gasteiger charge is -2.07. The highest BCUT2D eigenvalue weighted by Crippen LogP contribution is 2.29. The molecular formula is C15H14ClN5S2. The Kier molecular flexibility index (Phi) is 4.79. The number of halogens is 1. The highest BCUT2D eigenvalue weighted by Gasteiger charge is 2.08. The summed E-state index contributed by atoms with van der Waals surface area (Å²) in [6.45, 7) is 0. The van der Waals surface area contributed by atoms with Gasteiger partial charge in [-0.2, -0.15) is 0 Å². The van der Waals surface area contributed by atoms with Crippen LogP contribution < -0.4 is 11.5 Å². The molecule has 23 heavy (non-hydrogen) atoms. The van der Waals surface area contributed by atoms with Gasteiger partial charge in [-0.25, -0.2) is 15.0 Å². The standard InChI is InChI=1S/C15H14ClN5S2/c1-22-10-3-2-8-4-9(14(16)19-11(8)5-10)7-23-15-20-12(17)6-13(18)21-15/h2-6H,7H2,1H3,(H4,17,18,20,21). The lowest BCUT2D eigenvalue weighted by Crippen LogP contribution is -1.99. The maximum absolute atomic E-state index is 6.31. The summed E-state index contributed by atoms with van der Waals surface area (Å²) >= 11 is 9.40. The van der Waals surface area contributed by atoms with E-state index in [1.165, 1.54) is 17.8 Å². The summed E-state index contributed by atoms with van der Waals surface area (Å²) in [5, 5.41) is 2.06. The monoisotopic (exact) mass is 363 g/mol. The molecule has 2 heterocycles. The number of benzene rings is 1. The molecule has 0 atom stereocenters. The molecule has 0 unspecified atom stereocenters. The van der Waals surface area contributed by atoms with Crippen molar-refractivity contribution in [2.24, 2.45) is 0 Å². The molecule has 0 spiro atoms. The third-order valence-corrected chi connectivity index (χ3v) is 5.10. The van der Waals surface area contributed by atoms with Crippen molar-refractivity contribution >= 4 is 57.7 Å². The molecule has 0 radical (unpaired) electrons. The highest BCUT2D eigenvalue weighted by molar-refractivity contribution is 7.98. The molecule has 0 aliphatic carbocycles. The van der Waals surface area contributed by atoms with Crippen LogP contribution >= 0.6 is 35.1 Å². The lowest BCUT2D eigenvalue weighted by molar-refractivity contribution is 0.984. The molecule has 8 heteroatoms. The third-order valence-electron chi connectivity index (χ3n) is 3.15. The van der Waals surface area contributed by atoms with Crippen molar-refractivity contribution in [3.63, 3.8) is 0 Å². The van der Waals surface area contributed by atoms with Crippen LogP contribution in [-0.2, 0) is 5.75 Å². The van der Waals surface area contributed by atoms with Gasteiger partial charge in [0.05, 0.1) is 5.52 Å². The second-order valence-electron chi connectivity index (χ2n) is 4.79. The van der Waals surface area contributed by atoms with E-state index in [0.717, 1.165) is 21.4 Å². The van der Waals surface area contributed by atoms with E-state index in [4.69, 9.17) is 23.1 Å². The molecule has 2 aromatic heterocycles. The van der Waals surface area contributed by atoms with E-state index >= 15 is 0 Å². The Hall–Kier alpha value is -1.70. The molecular weight excluding hydrogens is 350 g/mol. The summed E-state index contributed by atoms with van der Waals surface area (Å²) < 4.78 is 0. The van der Waals surface area contributed by atoms with Gasteiger partial charge in [-0.1, -0.05) is 29.4 Å². The third kappa shape index (κ3) is 3.80. The Morgan fingerprint density at radius 2 is 1.78 bits per heavy atom. The number of thioether (sulfide) groups is 2. The van der Waals surface area contributed by atoms with Crippen LogP contribution in [0.5, 0.6) is 0 Å². The number of fused-ring (bicyclic) bond motifs is 1. The highest BCUT2D eigenvalue weighted by atomic mass is 35.5. The van der Waals surface area contributed by atoms with Gasteiger partial charge < -0.3 is 11.5 Å². The number of nitrogens with zero attached hydrogens (tertiary/aromatic N) is 3. The molecule has 3 aromatic rings. The Morgan fingerprint density at radius 3 is 2.48 bits per heavy atom. The maximum Gasteiger partial charge on any atom is 0.191 e. The Labute approximate surface area is 147 Å². The number of hydrogen-bond donors (Lipinski definition) is 2. The van der Waals surface area contributed by atoms with Crippen LogP contribution in [0, 0.1) is 0 Å². The van der Waals surface area contributed by atoms with Gasteiger partial charge in [-0.3, -0.25) is 0 Å². The second-order valence-corrected chi connectivity index (χ2v) is 6.97. The van der Waals surface area contributed by atoms with E-state index in [9.17, 15) is 0 Å². The molecule has 0 bridgehead atoms. The van der Waals surface area contributed by atoms with Crippen molar-refractivity contribution in [3.05, 3.63) is 41.0 Å². The first-order valence-electron chi connectivity index (χ1n) is 6.71. The molecule has 118 valence electrons. The van der Waals surface area contributed by atoms with Crippen LogP contribution in [0.3, 0.4) is 0 Å². The number of hydrogen-bond acceptors (Lipinski definition) is 7. The van der Waals surface area contributed by atoms with Crippen molar-refractivity contribution in [1.82, 2.24) is 15.0 Å². The number of nitrogens with two attached hydrogens (primary N) is 2. The molecule has 0 aliphatic heterocycles. The molecule has 5 nitrogen and oxygen atoms in total. The van der Waals surface area contributed by atoms with Crippen LogP contribution in [-0.4, -0.2) is 21.2 Å². The molecule has 3 rings (SSSR count). The quantitative estimate of drug-likeness (QED) is 0.413. The molecule has 0 fully saturated rings. The minimum Gasteiger partial charge on any atom is -0.383 e. The molecule has 0 saturated carbocycles. The molecule has 0 aliphatic rings. The largest absolute Gasteiger partial charge is 0.383 e. The molecule has 4 N–H and O–H groups in total. The summed E-state index contributed by atoms with van der Waals surface area (Å²) in [6.07, 6.45) is 2.03. The Balaban J connectivity index is 1.86. The Morgan fingerprint density at radius 1 is 1.04 bits per heavy atom. The topological polar surface area (TPSA) is 90.7 Å². The van der Waals surface area contributed by atoms with Crippen molar-refractivity contribution in [2.75, 3.05) is 17.7 Å². The summed E-state index contributed by atoms with van der Waals surface area (Å²) in [5.74, 6) is 1.30. The molecule has 1 aromatic carbocycles. The number of rotatable bonds is 4. The van der Waals surface area contributed by atoms with Gasteiger partial charge in [0, 0.05) is 27.7 Å². The van der Waals surface area contributed by atoms with E-state index in [1.54, 1.807) is 11.8 Å². The average Bonchev–Trinajstić information content (AvgIpc) is 2.51. The summed E-state index contributed by atoms with van der Waals surface area (Å²) in [6, 6.07) is 9.72. The number of nitrogen functional groups attached to an aromatic ring is 2. The van der Waals surface area contributed by atoms with Gasteiger partial charge in [-0.15, -0.1) is 11.8 Å². The number of anilines is 2. The van der Waals surface area contributed by atoms with Crippen molar-refractivity contribution in [1.29, 1.82) is 0 Å². The Bertz CT molecular complexity index is 852. The summed E-state index contributed by atoms with van der Waals surface area (Å²) in [4.78, 5) is 13.9. The van der Waals surface area contributed by atoms with Crippen LogP contribution in [0.15, 0.2) is 40.4 Å². The predicted octanol–water partition coefficient (Wildman–Crippen LogP) is 3.86. The molecule has 0 saturated heterocycles. The lowest BCUT2D eigenvalue weighted by atomic mass is 10.2. The first kappa shape index (κ1) is 16.2. The van der Waals surface area contributed by atoms with E-state index in [2.05, 4.69) is 21.0 Å². The second kappa shape index (κ2) is 6.82. The number of pyridine rings is 1. The molecule has 0 amide bonds. The van der Waals surface area contributed by atoms with Crippen molar-refractivity contribution in [2.45, 2.75) is 15.8 Å².